The van der Waals surface area contributed by atoms with Crippen LogP contribution in [-0.2, 0) is 9.53 Å². The lowest BCUT2D eigenvalue weighted by Crippen LogP contribution is -2.50. The Labute approximate surface area is 111 Å². The molecular weight excluding hydrogens is 228 g/mol. The van der Waals surface area contributed by atoms with Gasteiger partial charge in [0.15, 0.2) is 0 Å². The van der Waals surface area contributed by atoms with E-state index in [1.165, 1.54) is 25.9 Å². The Morgan fingerprint density at radius 1 is 1.33 bits per heavy atom. The maximum Gasteiger partial charge on any atom is 0.326 e. The summed E-state index contributed by atoms with van der Waals surface area (Å²) >= 11 is 0. The number of ether oxygens (including phenoxy) is 1. The summed E-state index contributed by atoms with van der Waals surface area (Å²) in [4.78, 5) is 14.5. The molecule has 0 aromatic heterocycles. The second-order valence-electron chi connectivity index (χ2n) is 5.24. The van der Waals surface area contributed by atoms with Gasteiger partial charge in [0.1, 0.15) is 5.54 Å². The zero-order chi connectivity index (χ0) is 13.4. The molecule has 1 fully saturated rings. The van der Waals surface area contributed by atoms with Crippen molar-refractivity contribution < 1.29 is 9.53 Å². The molecule has 0 aromatic rings. The van der Waals surface area contributed by atoms with Crippen LogP contribution in [0.15, 0.2) is 0 Å². The van der Waals surface area contributed by atoms with E-state index in [1.807, 2.05) is 20.8 Å². The first-order chi connectivity index (χ1) is 8.62. The van der Waals surface area contributed by atoms with E-state index in [-0.39, 0.29) is 5.97 Å². The summed E-state index contributed by atoms with van der Waals surface area (Å²) in [7, 11) is 0. The molecule has 1 unspecified atom stereocenters. The van der Waals surface area contributed by atoms with Gasteiger partial charge >= 0.3 is 5.97 Å². The number of hydrogen-bond donors (Lipinski definition) is 1. The zero-order valence-electron chi connectivity index (χ0n) is 12.1. The Hall–Kier alpha value is -0.610. The molecule has 0 radical (unpaired) electrons. The number of rotatable bonds is 8. The molecule has 1 N–H and O–H groups in total. The Bertz CT molecular complexity index is 252. The van der Waals surface area contributed by atoms with Crippen LogP contribution >= 0.6 is 0 Å². The van der Waals surface area contributed by atoms with Crippen LogP contribution in [0.1, 0.15) is 46.5 Å². The SMILES string of the molecule is CCNC(C)(CCCN1CCCC1)C(=O)OCC. The minimum atomic E-state index is -0.523. The fourth-order valence-electron chi connectivity index (χ4n) is 2.61. The molecule has 1 heterocycles. The Kier molecular flexibility index (Phi) is 6.65. The second kappa shape index (κ2) is 7.74. The van der Waals surface area contributed by atoms with Gasteiger partial charge in [-0.3, -0.25) is 4.79 Å². The van der Waals surface area contributed by atoms with E-state index >= 15 is 0 Å². The third-order valence-electron chi connectivity index (χ3n) is 3.64. The van der Waals surface area contributed by atoms with Crippen molar-refractivity contribution in [2.45, 2.75) is 52.0 Å². The topological polar surface area (TPSA) is 41.6 Å². The van der Waals surface area contributed by atoms with Crippen LogP contribution in [0, 0.1) is 0 Å². The summed E-state index contributed by atoms with van der Waals surface area (Å²) in [5.41, 5.74) is -0.523. The number of nitrogens with one attached hydrogen (secondary N) is 1. The third-order valence-corrected chi connectivity index (χ3v) is 3.64. The van der Waals surface area contributed by atoms with Crippen LogP contribution in [-0.4, -0.2) is 49.2 Å². The number of carbonyl (C=O) groups is 1. The van der Waals surface area contributed by atoms with Gasteiger partial charge in [0.2, 0.25) is 0 Å². The van der Waals surface area contributed by atoms with Crippen molar-refractivity contribution in [1.29, 1.82) is 0 Å². The van der Waals surface area contributed by atoms with E-state index in [4.69, 9.17) is 4.74 Å². The molecule has 0 aromatic carbocycles. The zero-order valence-corrected chi connectivity index (χ0v) is 12.1. The van der Waals surface area contributed by atoms with Crippen LogP contribution in [0.25, 0.3) is 0 Å². The lowest BCUT2D eigenvalue weighted by molar-refractivity contribution is -0.150. The molecule has 1 aliphatic rings. The van der Waals surface area contributed by atoms with Gasteiger partial charge in [-0.05, 0) is 65.7 Å². The molecule has 4 heteroatoms. The summed E-state index contributed by atoms with van der Waals surface area (Å²) in [6.45, 7) is 10.6. The predicted molar refractivity (Wildman–Crippen MR) is 73.6 cm³/mol. The molecular formula is C14H28N2O2. The number of hydrogen-bond acceptors (Lipinski definition) is 4. The lowest BCUT2D eigenvalue weighted by Gasteiger charge is -2.28. The van der Waals surface area contributed by atoms with Crippen molar-refractivity contribution in [3.63, 3.8) is 0 Å². The van der Waals surface area contributed by atoms with E-state index in [9.17, 15) is 4.79 Å². The van der Waals surface area contributed by atoms with E-state index in [0.717, 1.165) is 25.9 Å². The Morgan fingerprint density at radius 3 is 2.56 bits per heavy atom. The molecule has 0 aliphatic carbocycles. The van der Waals surface area contributed by atoms with E-state index in [0.29, 0.717) is 6.61 Å². The number of nitrogens with zero attached hydrogens (tertiary/aromatic N) is 1. The summed E-state index contributed by atoms with van der Waals surface area (Å²) in [6, 6.07) is 0. The molecule has 1 rings (SSSR count). The van der Waals surface area contributed by atoms with Crippen LogP contribution in [0.3, 0.4) is 0 Å². The summed E-state index contributed by atoms with van der Waals surface area (Å²) in [6.07, 6.45) is 4.53. The van der Waals surface area contributed by atoms with Gasteiger partial charge in [-0.15, -0.1) is 0 Å². The standard InChI is InChI=1S/C14H28N2O2/c1-4-15-14(3,13(17)18-5-2)9-8-12-16-10-6-7-11-16/h15H,4-12H2,1-3H3. The van der Waals surface area contributed by atoms with Gasteiger partial charge in [0.05, 0.1) is 6.61 Å². The largest absolute Gasteiger partial charge is 0.465 e. The highest BCUT2D eigenvalue weighted by molar-refractivity contribution is 5.80. The normalized spacial score (nSPS) is 19.7. The van der Waals surface area contributed by atoms with Gasteiger partial charge in [-0.25, -0.2) is 0 Å². The third kappa shape index (κ3) is 4.58. The van der Waals surface area contributed by atoms with Crippen molar-refractivity contribution in [1.82, 2.24) is 10.2 Å². The molecule has 106 valence electrons. The van der Waals surface area contributed by atoms with Crippen molar-refractivity contribution in [3.05, 3.63) is 0 Å². The highest BCUT2D eigenvalue weighted by Crippen LogP contribution is 2.16. The maximum absolute atomic E-state index is 12.0. The van der Waals surface area contributed by atoms with Gasteiger partial charge in [-0.1, -0.05) is 6.92 Å². The quantitative estimate of drug-likeness (QED) is 0.672. The minimum absolute atomic E-state index is 0.117. The maximum atomic E-state index is 12.0. The molecule has 1 aliphatic heterocycles. The van der Waals surface area contributed by atoms with Gasteiger partial charge < -0.3 is 15.0 Å². The minimum Gasteiger partial charge on any atom is -0.465 e. The first-order valence-corrected chi connectivity index (χ1v) is 7.27. The van der Waals surface area contributed by atoms with Crippen LogP contribution in [0.4, 0.5) is 0 Å². The average Bonchev–Trinajstić information content (AvgIpc) is 2.83. The first-order valence-electron chi connectivity index (χ1n) is 7.27. The summed E-state index contributed by atoms with van der Waals surface area (Å²) in [5.74, 6) is -0.117. The van der Waals surface area contributed by atoms with Crippen LogP contribution in [0.5, 0.6) is 0 Å². The molecule has 0 bridgehead atoms. The lowest BCUT2D eigenvalue weighted by atomic mass is 9.95. The highest BCUT2D eigenvalue weighted by atomic mass is 16.5. The summed E-state index contributed by atoms with van der Waals surface area (Å²) in [5, 5.41) is 3.28. The fraction of sp³-hybridized carbons (Fsp3) is 0.929. The number of esters is 1. The van der Waals surface area contributed by atoms with Gasteiger partial charge in [0.25, 0.3) is 0 Å². The van der Waals surface area contributed by atoms with Crippen LogP contribution in [0.2, 0.25) is 0 Å². The monoisotopic (exact) mass is 256 g/mol. The average molecular weight is 256 g/mol. The Balaban J connectivity index is 2.37. The van der Waals surface area contributed by atoms with Gasteiger partial charge in [-0.2, -0.15) is 0 Å². The molecule has 0 spiro atoms. The van der Waals surface area contributed by atoms with Crippen molar-refractivity contribution >= 4 is 5.97 Å². The highest BCUT2D eigenvalue weighted by Gasteiger charge is 2.33. The predicted octanol–water partition coefficient (Wildman–Crippen LogP) is 1.79. The number of likely N-dealkylation sites (N-methyl/N-ethyl adjacent to an activating group) is 1. The van der Waals surface area contributed by atoms with Gasteiger partial charge in [0, 0.05) is 0 Å². The molecule has 1 atom stereocenters. The van der Waals surface area contributed by atoms with E-state index < -0.39 is 5.54 Å². The first kappa shape index (κ1) is 15.4. The van der Waals surface area contributed by atoms with Crippen LogP contribution < -0.4 is 5.32 Å². The van der Waals surface area contributed by atoms with E-state index in [1.54, 1.807) is 0 Å². The number of carbonyl (C=O) groups excluding carboxylic acids is 1. The molecule has 0 saturated carbocycles. The van der Waals surface area contributed by atoms with E-state index in [2.05, 4.69) is 10.2 Å². The number of likely N-dealkylation sites (tertiary alicyclic amines) is 1. The second-order valence-corrected chi connectivity index (χ2v) is 5.24. The summed E-state index contributed by atoms with van der Waals surface area (Å²) < 4.78 is 5.17. The van der Waals surface area contributed by atoms with Crippen molar-refractivity contribution in [2.24, 2.45) is 0 Å². The molecule has 18 heavy (non-hydrogen) atoms. The fourth-order valence-corrected chi connectivity index (χ4v) is 2.61. The molecule has 4 nitrogen and oxygen atoms in total. The Morgan fingerprint density at radius 2 is 2.00 bits per heavy atom. The smallest absolute Gasteiger partial charge is 0.326 e. The van der Waals surface area contributed by atoms with Crippen molar-refractivity contribution in [3.8, 4) is 0 Å². The molecule has 1 saturated heterocycles. The molecule has 0 amide bonds. The van der Waals surface area contributed by atoms with Crippen molar-refractivity contribution in [2.75, 3.05) is 32.8 Å².